The quantitative estimate of drug-likeness (QED) is 0.749. The molecule has 0 atom stereocenters. The lowest BCUT2D eigenvalue weighted by Crippen LogP contribution is -2.11. The Morgan fingerprint density at radius 1 is 1.10 bits per heavy atom. The first kappa shape index (κ1) is 13.8. The maximum Gasteiger partial charge on any atom is 0.0483 e. The number of aryl methyl sites for hydroxylation is 2. The van der Waals surface area contributed by atoms with Gasteiger partial charge in [-0.2, -0.15) is 0 Å². The second-order valence-electron chi connectivity index (χ2n) is 5.21. The van der Waals surface area contributed by atoms with Crippen molar-refractivity contribution in [1.29, 1.82) is 0 Å². The Bertz CT molecular complexity index is 701. The second-order valence-corrected chi connectivity index (χ2v) is 5.21. The van der Waals surface area contributed by atoms with Crippen molar-refractivity contribution in [2.45, 2.75) is 26.4 Å². The van der Waals surface area contributed by atoms with Crippen LogP contribution in [-0.4, -0.2) is 16.1 Å². The largest absolute Gasteiger partial charge is 0.347 e. The van der Waals surface area contributed by atoms with E-state index in [1.54, 1.807) is 0 Å². The summed E-state index contributed by atoms with van der Waals surface area (Å²) < 4.78 is 2.32. The smallest absolute Gasteiger partial charge is 0.0483 e. The topological polar surface area (TPSA) is 29.9 Å². The molecule has 1 aromatic carbocycles. The molecule has 3 heteroatoms. The van der Waals surface area contributed by atoms with Crippen LogP contribution in [0.4, 0.5) is 0 Å². The fourth-order valence-corrected chi connectivity index (χ4v) is 2.68. The van der Waals surface area contributed by atoms with Crippen LogP contribution in [0.2, 0.25) is 0 Å². The van der Waals surface area contributed by atoms with Gasteiger partial charge in [-0.25, -0.2) is 0 Å². The zero-order valence-electron chi connectivity index (χ0n) is 12.4. The Labute approximate surface area is 125 Å². The first-order valence-corrected chi connectivity index (χ1v) is 7.56. The number of hydrogen-bond acceptors (Lipinski definition) is 2. The number of fused-ring (bicyclic) bond motifs is 1. The van der Waals surface area contributed by atoms with E-state index in [0.29, 0.717) is 0 Å². The van der Waals surface area contributed by atoms with E-state index in [2.05, 4.69) is 58.3 Å². The van der Waals surface area contributed by atoms with Crippen LogP contribution in [0.1, 0.15) is 18.2 Å². The molecule has 108 valence electrons. The molecule has 0 spiro atoms. The van der Waals surface area contributed by atoms with E-state index in [1.165, 1.54) is 16.5 Å². The van der Waals surface area contributed by atoms with Crippen molar-refractivity contribution in [2.75, 3.05) is 6.54 Å². The molecule has 0 radical (unpaired) electrons. The highest BCUT2D eigenvalue weighted by molar-refractivity contribution is 5.83. The summed E-state index contributed by atoms with van der Waals surface area (Å²) in [7, 11) is 0. The molecule has 3 nitrogen and oxygen atoms in total. The lowest BCUT2D eigenvalue weighted by atomic mass is 10.1. The number of benzene rings is 1. The predicted molar refractivity (Wildman–Crippen MR) is 87.3 cm³/mol. The summed E-state index contributed by atoms with van der Waals surface area (Å²) in [6.45, 7) is 5.03. The second kappa shape index (κ2) is 6.55. The standard InChI is InChI=1S/C18H21N3/c1-2-19-14-15-6-5-8-18-17(15)10-13-21(18)12-9-16-7-3-4-11-20-16/h3-8,10-11,13,19H,2,9,12,14H2,1H3. The summed E-state index contributed by atoms with van der Waals surface area (Å²) in [5.74, 6) is 0. The van der Waals surface area contributed by atoms with Crippen LogP contribution < -0.4 is 5.32 Å². The van der Waals surface area contributed by atoms with E-state index < -0.39 is 0 Å². The van der Waals surface area contributed by atoms with Crippen molar-refractivity contribution in [2.24, 2.45) is 0 Å². The van der Waals surface area contributed by atoms with Gasteiger partial charge >= 0.3 is 0 Å². The van der Waals surface area contributed by atoms with Crippen molar-refractivity contribution < 1.29 is 0 Å². The summed E-state index contributed by atoms with van der Waals surface area (Å²) in [4.78, 5) is 4.39. The summed E-state index contributed by atoms with van der Waals surface area (Å²) >= 11 is 0. The molecule has 1 N–H and O–H groups in total. The van der Waals surface area contributed by atoms with Gasteiger partial charge in [0.25, 0.3) is 0 Å². The van der Waals surface area contributed by atoms with E-state index in [9.17, 15) is 0 Å². The molecule has 21 heavy (non-hydrogen) atoms. The van der Waals surface area contributed by atoms with Crippen LogP contribution in [0, 0.1) is 0 Å². The normalized spacial score (nSPS) is 11.1. The molecule has 2 heterocycles. The minimum Gasteiger partial charge on any atom is -0.347 e. The van der Waals surface area contributed by atoms with Gasteiger partial charge in [-0.3, -0.25) is 4.98 Å². The number of nitrogens with zero attached hydrogens (tertiary/aromatic N) is 2. The number of rotatable bonds is 6. The van der Waals surface area contributed by atoms with Gasteiger partial charge in [0.15, 0.2) is 0 Å². The Morgan fingerprint density at radius 2 is 2.05 bits per heavy atom. The van der Waals surface area contributed by atoms with E-state index in [1.807, 2.05) is 18.3 Å². The molecular weight excluding hydrogens is 258 g/mol. The molecule has 0 bridgehead atoms. The van der Waals surface area contributed by atoms with Gasteiger partial charge < -0.3 is 9.88 Å². The Hall–Kier alpha value is -2.13. The van der Waals surface area contributed by atoms with Crippen molar-refractivity contribution in [3.63, 3.8) is 0 Å². The molecule has 0 fully saturated rings. The molecule has 0 aliphatic carbocycles. The molecule has 3 rings (SSSR count). The lowest BCUT2D eigenvalue weighted by molar-refractivity contribution is 0.709. The van der Waals surface area contributed by atoms with Gasteiger partial charge in [0.1, 0.15) is 0 Å². The fraction of sp³-hybridized carbons (Fsp3) is 0.278. The van der Waals surface area contributed by atoms with E-state index in [4.69, 9.17) is 0 Å². The van der Waals surface area contributed by atoms with Crippen molar-refractivity contribution in [3.05, 3.63) is 66.1 Å². The van der Waals surface area contributed by atoms with Gasteiger partial charge in [-0.15, -0.1) is 0 Å². The first-order valence-electron chi connectivity index (χ1n) is 7.56. The molecule has 0 aliphatic heterocycles. The number of hydrogen-bond donors (Lipinski definition) is 1. The van der Waals surface area contributed by atoms with Crippen LogP contribution >= 0.6 is 0 Å². The summed E-state index contributed by atoms with van der Waals surface area (Å²) in [5.41, 5.74) is 3.82. The molecular formula is C18H21N3. The zero-order valence-corrected chi connectivity index (χ0v) is 12.4. The van der Waals surface area contributed by atoms with Gasteiger partial charge in [0.2, 0.25) is 0 Å². The highest BCUT2D eigenvalue weighted by Gasteiger charge is 2.05. The average Bonchev–Trinajstić information content (AvgIpc) is 2.96. The van der Waals surface area contributed by atoms with Gasteiger partial charge in [-0.1, -0.05) is 25.1 Å². The molecule has 2 aromatic heterocycles. The van der Waals surface area contributed by atoms with Crippen LogP contribution in [0.3, 0.4) is 0 Å². The van der Waals surface area contributed by atoms with Crippen LogP contribution in [0.5, 0.6) is 0 Å². The maximum atomic E-state index is 4.39. The fourth-order valence-electron chi connectivity index (χ4n) is 2.68. The Balaban J connectivity index is 1.80. The zero-order chi connectivity index (χ0) is 14.5. The van der Waals surface area contributed by atoms with Crippen molar-refractivity contribution in [3.8, 4) is 0 Å². The summed E-state index contributed by atoms with van der Waals surface area (Å²) in [6.07, 6.45) is 5.00. The highest BCUT2D eigenvalue weighted by Crippen LogP contribution is 2.20. The van der Waals surface area contributed by atoms with E-state index >= 15 is 0 Å². The van der Waals surface area contributed by atoms with E-state index in [0.717, 1.165) is 31.7 Å². The lowest BCUT2D eigenvalue weighted by Gasteiger charge is -2.07. The SMILES string of the molecule is CCNCc1cccc2c1ccn2CCc1ccccn1. The predicted octanol–water partition coefficient (Wildman–Crippen LogP) is 3.39. The monoisotopic (exact) mass is 279 g/mol. The molecule has 0 amide bonds. The van der Waals surface area contributed by atoms with Crippen molar-refractivity contribution in [1.82, 2.24) is 14.9 Å². The minimum atomic E-state index is 0.929. The molecule has 0 saturated carbocycles. The minimum absolute atomic E-state index is 0.929. The van der Waals surface area contributed by atoms with Crippen LogP contribution in [0.25, 0.3) is 10.9 Å². The van der Waals surface area contributed by atoms with E-state index in [-0.39, 0.29) is 0 Å². The van der Waals surface area contributed by atoms with Crippen LogP contribution in [0.15, 0.2) is 54.9 Å². The summed E-state index contributed by atoms with van der Waals surface area (Å²) in [6, 6.07) is 14.9. The molecule has 0 unspecified atom stereocenters. The molecule has 3 aromatic rings. The van der Waals surface area contributed by atoms with Crippen molar-refractivity contribution >= 4 is 10.9 Å². The third-order valence-corrected chi connectivity index (χ3v) is 3.80. The number of pyridine rings is 1. The third kappa shape index (κ3) is 3.14. The number of nitrogens with one attached hydrogen (secondary N) is 1. The number of aromatic nitrogens is 2. The first-order chi connectivity index (χ1) is 10.4. The van der Waals surface area contributed by atoms with Gasteiger partial charge in [0, 0.05) is 48.5 Å². The van der Waals surface area contributed by atoms with Crippen LogP contribution in [-0.2, 0) is 19.5 Å². The summed E-state index contributed by atoms with van der Waals surface area (Å²) in [5, 5.41) is 4.75. The Morgan fingerprint density at radius 3 is 2.86 bits per heavy atom. The van der Waals surface area contributed by atoms with Gasteiger partial charge in [0.05, 0.1) is 0 Å². The molecule has 0 aliphatic rings. The average molecular weight is 279 g/mol. The maximum absolute atomic E-state index is 4.39. The highest BCUT2D eigenvalue weighted by atomic mass is 15.0. The third-order valence-electron chi connectivity index (χ3n) is 3.80. The Kier molecular flexibility index (Phi) is 4.31. The molecule has 0 saturated heterocycles. The van der Waals surface area contributed by atoms with Gasteiger partial charge in [-0.05, 0) is 36.4 Å².